The highest BCUT2D eigenvalue weighted by Gasteiger charge is 1.71. The van der Waals surface area contributed by atoms with Crippen LogP contribution in [0.5, 0.6) is 0 Å². The molecule has 0 atom stereocenters. The van der Waals surface area contributed by atoms with Gasteiger partial charge in [-0.3, -0.25) is 0 Å². The number of hydrogen-bond acceptors (Lipinski definition) is 1. The van der Waals surface area contributed by atoms with Gasteiger partial charge in [0.05, 0.1) is 0 Å². The molecule has 0 fully saturated rings. The van der Waals surface area contributed by atoms with Crippen LogP contribution < -0.4 is 5.73 Å². The van der Waals surface area contributed by atoms with E-state index in [1.165, 1.54) is 32.7 Å². The molecule has 0 saturated carbocycles. The summed E-state index contributed by atoms with van der Waals surface area (Å²) in [6.07, 6.45) is 10.9. The average molecular weight is 171 g/mol. The van der Waals surface area contributed by atoms with E-state index in [9.17, 15) is 0 Å². The third kappa shape index (κ3) is 55.8. The molecule has 0 unspecified atom stereocenters. The van der Waals surface area contributed by atoms with Gasteiger partial charge in [0, 0.05) is 6.42 Å². The van der Waals surface area contributed by atoms with Crippen LogP contribution >= 0.6 is 0 Å². The number of rotatable bonds is 3. The molecule has 0 spiro atoms. The highest BCUT2D eigenvalue weighted by Crippen LogP contribution is 1.88. The summed E-state index contributed by atoms with van der Waals surface area (Å²) >= 11 is 0. The highest BCUT2D eigenvalue weighted by atomic mass is 14.4. The Balaban J connectivity index is -0.000000118. The van der Waals surface area contributed by atoms with Gasteiger partial charge in [0.25, 0.3) is 0 Å². The summed E-state index contributed by atoms with van der Waals surface area (Å²) in [6, 6.07) is 0. The molecule has 0 aliphatic heterocycles. The summed E-state index contributed by atoms with van der Waals surface area (Å²) in [6.45, 7) is 6.50. The standard InChI is InChI=1S/C6H10.C4H10.CH5N/c1-3-5-6-4-2;1-3-4-2;1-2/h1H,4-6H2,2H3;3-4H2,1-2H3;2H2,1H3. The summed E-state index contributed by atoms with van der Waals surface area (Å²) in [5.41, 5.74) is 4.50. The molecule has 0 radical (unpaired) electrons. The largest absolute Gasteiger partial charge is 0.333 e. The lowest BCUT2D eigenvalue weighted by molar-refractivity contribution is 0.828. The van der Waals surface area contributed by atoms with Crippen molar-refractivity contribution >= 4 is 0 Å². The maximum atomic E-state index is 4.96. The third-order valence-corrected chi connectivity index (χ3v) is 1.17. The summed E-state index contributed by atoms with van der Waals surface area (Å²) in [4.78, 5) is 0. The van der Waals surface area contributed by atoms with Gasteiger partial charge in [0.1, 0.15) is 0 Å². The van der Waals surface area contributed by atoms with Crippen LogP contribution in [0.3, 0.4) is 0 Å². The minimum Gasteiger partial charge on any atom is -0.333 e. The molecule has 2 N–H and O–H groups in total. The van der Waals surface area contributed by atoms with Gasteiger partial charge in [-0.25, -0.2) is 0 Å². The van der Waals surface area contributed by atoms with E-state index in [2.05, 4.69) is 32.4 Å². The van der Waals surface area contributed by atoms with E-state index in [0.29, 0.717) is 0 Å². The predicted octanol–water partition coefficient (Wildman–Crippen LogP) is 3.19. The molecule has 0 aliphatic rings. The van der Waals surface area contributed by atoms with E-state index in [0.717, 1.165) is 6.42 Å². The van der Waals surface area contributed by atoms with Crippen molar-refractivity contribution in [2.75, 3.05) is 7.05 Å². The first-order chi connectivity index (χ1) is 5.83. The first kappa shape index (κ1) is 17.6. The zero-order valence-corrected chi connectivity index (χ0v) is 9.19. The second kappa shape index (κ2) is 31.3. The lowest BCUT2D eigenvalue weighted by Gasteiger charge is -1.79. The van der Waals surface area contributed by atoms with Gasteiger partial charge in [0.2, 0.25) is 0 Å². The van der Waals surface area contributed by atoms with Crippen LogP contribution in [0.15, 0.2) is 0 Å². The summed E-state index contributed by atoms with van der Waals surface area (Å²) < 4.78 is 0. The highest BCUT2D eigenvalue weighted by molar-refractivity contribution is 4.82. The van der Waals surface area contributed by atoms with Crippen molar-refractivity contribution in [1.29, 1.82) is 0 Å². The topological polar surface area (TPSA) is 26.0 Å². The van der Waals surface area contributed by atoms with Crippen LogP contribution in [0.25, 0.3) is 0 Å². The first-order valence-electron chi connectivity index (χ1n) is 4.84. The van der Waals surface area contributed by atoms with Gasteiger partial charge < -0.3 is 5.73 Å². The van der Waals surface area contributed by atoms with Crippen molar-refractivity contribution in [2.45, 2.75) is 52.9 Å². The Morgan fingerprint density at radius 3 is 1.50 bits per heavy atom. The molecular formula is C11H25N. The van der Waals surface area contributed by atoms with Crippen LogP contribution in [0.4, 0.5) is 0 Å². The molecule has 0 aromatic rings. The van der Waals surface area contributed by atoms with Crippen LogP contribution in [0.2, 0.25) is 0 Å². The normalized spacial score (nSPS) is 6.67. The molecule has 74 valence electrons. The van der Waals surface area contributed by atoms with Crippen LogP contribution in [-0.4, -0.2) is 7.05 Å². The van der Waals surface area contributed by atoms with Crippen LogP contribution in [0, 0.1) is 12.3 Å². The molecule has 1 nitrogen and oxygen atoms in total. The molecular weight excluding hydrogens is 146 g/mol. The molecule has 0 aromatic heterocycles. The van der Waals surface area contributed by atoms with Gasteiger partial charge >= 0.3 is 0 Å². The number of terminal acetylenes is 1. The van der Waals surface area contributed by atoms with E-state index < -0.39 is 0 Å². The fraction of sp³-hybridized carbons (Fsp3) is 0.818. The Bertz CT molecular complexity index is 69.6. The summed E-state index contributed by atoms with van der Waals surface area (Å²) in [5, 5.41) is 0. The Kier molecular flexibility index (Phi) is 45.8. The van der Waals surface area contributed by atoms with Crippen molar-refractivity contribution in [3.05, 3.63) is 0 Å². The fourth-order valence-corrected chi connectivity index (χ4v) is 0.279. The maximum Gasteiger partial charge on any atom is 0.00859 e. The molecule has 0 bridgehead atoms. The minimum atomic E-state index is 0.941. The van der Waals surface area contributed by atoms with E-state index >= 15 is 0 Å². The maximum absolute atomic E-state index is 4.96. The molecule has 1 heteroatoms. The van der Waals surface area contributed by atoms with Gasteiger partial charge in [0.15, 0.2) is 0 Å². The van der Waals surface area contributed by atoms with E-state index in [4.69, 9.17) is 6.42 Å². The molecule has 0 rings (SSSR count). The molecule has 0 saturated heterocycles. The SMILES string of the molecule is C#CCCCC.CCCC.CN. The van der Waals surface area contributed by atoms with Crippen molar-refractivity contribution in [1.82, 2.24) is 0 Å². The lowest BCUT2D eigenvalue weighted by Crippen LogP contribution is -1.69. The van der Waals surface area contributed by atoms with Crippen molar-refractivity contribution in [3.8, 4) is 12.3 Å². The Morgan fingerprint density at radius 1 is 1.00 bits per heavy atom. The number of hydrogen-bond donors (Lipinski definition) is 1. The molecule has 12 heavy (non-hydrogen) atoms. The number of unbranched alkanes of at least 4 members (excludes halogenated alkanes) is 3. The zero-order valence-electron chi connectivity index (χ0n) is 9.19. The lowest BCUT2D eigenvalue weighted by atomic mass is 10.3. The van der Waals surface area contributed by atoms with Gasteiger partial charge in [-0.2, -0.15) is 0 Å². The monoisotopic (exact) mass is 171 g/mol. The smallest absolute Gasteiger partial charge is 0.00859 e. The second-order valence-corrected chi connectivity index (χ2v) is 2.31. The Hall–Kier alpha value is -0.480. The summed E-state index contributed by atoms with van der Waals surface area (Å²) in [7, 11) is 1.50. The molecule has 0 amide bonds. The molecule has 0 heterocycles. The van der Waals surface area contributed by atoms with Crippen LogP contribution in [0.1, 0.15) is 52.9 Å². The second-order valence-electron chi connectivity index (χ2n) is 2.31. The van der Waals surface area contributed by atoms with E-state index in [1.807, 2.05) is 0 Å². The minimum absolute atomic E-state index is 0.941. The number of nitrogens with two attached hydrogens (primary N) is 1. The van der Waals surface area contributed by atoms with Crippen molar-refractivity contribution in [3.63, 3.8) is 0 Å². The molecule has 0 aromatic carbocycles. The van der Waals surface area contributed by atoms with Crippen LogP contribution in [-0.2, 0) is 0 Å². The average Bonchev–Trinajstić information content (AvgIpc) is 2.18. The quantitative estimate of drug-likeness (QED) is 0.512. The van der Waals surface area contributed by atoms with Gasteiger partial charge in [-0.15, -0.1) is 12.3 Å². The van der Waals surface area contributed by atoms with Gasteiger partial charge in [-0.05, 0) is 13.5 Å². The van der Waals surface area contributed by atoms with E-state index in [-0.39, 0.29) is 0 Å². The van der Waals surface area contributed by atoms with Gasteiger partial charge in [-0.1, -0.05) is 40.0 Å². The third-order valence-electron chi connectivity index (χ3n) is 1.17. The van der Waals surface area contributed by atoms with Crippen molar-refractivity contribution in [2.24, 2.45) is 5.73 Å². The summed E-state index contributed by atoms with van der Waals surface area (Å²) in [5.74, 6) is 2.57. The predicted molar refractivity (Wildman–Crippen MR) is 59.1 cm³/mol. The zero-order chi connectivity index (χ0) is 10.2. The van der Waals surface area contributed by atoms with E-state index in [1.54, 1.807) is 0 Å². The van der Waals surface area contributed by atoms with Crippen molar-refractivity contribution < 1.29 is 0 Å². The first-order valence-corrected chi connectivity index (χ1v) is 4.84. The fourth-order valence-electron chi connectivity index (χ4n) is 0.279. The Labute approximate surface area is 78.7 Å². The Morgan fingerprint density at radius 2 is 1.42 bits per heavy atom. The molecule has 0 aliphatic carbocycles.